The predicted octanol–water partition coefficient (Wildman–Crippen LogP) is 3.09. The molecule has 1 aliphatic carbocycles. The number of sulfonamides is 1. The largest absolute Gasteiger partial charge is 0.321 e. The number of rotatable bonds is 6. The molecule has 2 heterocycles. The lowest BCUT2D eigenvalue weighted by Gasteiger charge is -2.33. The molecule has 0 radical (unpaired) electrons. The molecule has 1 amide bonds. The quantitative estimate of drug-likeness (QED) is 0.717. The maximum absolute atomic E-state index is 13.0. The number of piperazine rings is 1. The summed E-state index contributed by atoms with van der Waals surface area (Å²) in [5.41, 5.74) is 1.72. The first-order chi connectivity index (χ1) is 15.1. The van der Waals surface area contributed by atoms with Crippen molar-refractivity contribution in [1.82, 2.24) is 19.0 Å². The first kappa shape index (κ1) is 22.9. The van der Waals surface area contributed by atoms with Crippen molar-refractivity contribution in [2.24, 2.45) is 0 Å². The summed E-state index contributed by atoms with van der Waals surface area (Å²) in [5.74, 6) is 0.208. The van der Waals surface area contributed by atoms with Gasteiger partial charge in [-0.3, -0.25) is 9.48 Å². The predicted molar refractivity (Wildman–Crippen MR) is 124 cm³/mol. The third-order valence-corrected chi connectivity index (χ3v) is 8.03. The van der Waals surface area contributed by atoms with Gasteiger partial charge < -0.3 is 10.2 Å². The first-order valence-electron chi connectivity index (χ1n) is 11.3. The minimum atomic E-state index is -3.54. The van der Waals surface area contributed by atoms with Gasteiger partial charge in [-0.1, -0.05) is 6.92 Å². The number of hydrogen-bond acceptors (Lipinski definition) is 5. The molecular weight excluding hydrogens is 426 g/mol. The van der Waals surface area contributed by atoms with Crippen LogP contribution < -0.4 is 5.32 Å². The highest BCUT2D eigenvalue weighted by molar-refractivity contribution is 7.89. The molecule has 1 N–H and O–H groups in total. The zero-order valence-electron chi connectivity index (χ0n) is 19.3. The maximum atomic E-state index is 13.0. The Morgan fingerprint density at radius 3 is 2.25 bits per heavy atom. The summed E-state index contributed by atoms with van der Waals surface area (Å²) < 4.78 is 29.3. The van der Waals surface area contributed by atoms with E-state index in [-0.39, 0.29) is 16.3 Å². The SMILES string of the molecule is CCN1CCN(S(=O)(=O)c2ccc(NC(=O)c3cc(C4CC4)nn3C(C)(C)C)cc2)CC1. The van der Waals surface area contributed by atoms with Gasteiger partial charge in [0.25, 0.3) is 5.91 Å². The summed E-state index contributed by atoms with van der Waals surface area (Å²) in [6, 6.07) is 8.30. The number of benzene rings is 1. The molecule has 32 heavy (non-hydrogen) atoms. The zero-order chi connectivity index (χ0) is 23.1. The molecule has 2 fully saturated rings. The van der Waals surface area contributed by atoms with E-state index >= 15 is 0 Å². The molecule has 1 aromatic heterocycles. The van der Waals surface area contributed by atoms with Crippen molar-refractivity contribution >= 4 is 21.6 Å². The fourth-order valence-electron chi connectivity index (χ4n) is 3.99. The van der Waals surface area contributed by atoms with E-state index in [4.69, 9.17) is 0 Å². The lowest BCUT2D eigenvalue weighted by molar-refractivity contribution is 0.100. The molecule has 1 saturated carbocycles. The van der Waals surface area contributed by atoms with Gasteiger partial charge in [0, 0.05) is 37.8 Å². The maximum Gasteiger partial charge on any atom is 0.273 e. The summed E-state index contributed by atoms with van der Waals surface area (Å²) in [4.78, 5) is 15.5. The van der Waals surface area contributed by atoms with Gasteiger partial charge in [-0.15, -0.1) is 0 Å². The van der Waals surface area contributed by atoms with Crippen molar-refractivity contribution < 1.29 is 13.2 Å². The smallest absolute Gasteiger partial charge is 0.273 e. The molecule has 0 unspecified atom stereocenters. The molecule has 0 atom stereocenters. The highest BCUT2D eigenvalue weighted by Crippen LogP contribution is 2.40. The van der Waals surface area contributed by atoms with E-state index < -0.39 is 10.0 Å². The number of aromatic nitrogens is 2. The van der Waals surface area contributed by atoms with Crippen LogP contribution in [0, 0.1) is 0 Å². The molecule has 9 heteroatoms. The molecule has 174 valence electrons. The molecule has 0 bridgehead atoms. The highest BCUT2D eigenvalue weighted by atomic mass is 32.2. The normalized spacial score (nSPS) is 18.6. The summed E-state index contributed by atoms with van der Waals surface area (Å²) in [6.07, 6.45) is 2.23. The molecule has 1 saturated heterocycles. The Morgan fingerprint density at radius 1 is 1.09 bits per heavy atom. The van der Waals surface area contributed by atoms with E-state index in [1.807, 2.05) is 26.8 Å². The van der Waals surface area contributed by atoms with Crippen molar-refractivity contribution in [2.75, 3.05) is 38.0 Å². The number of nitrogens with zero attached hydrogens (tertiary/aromatic N) is 4. The van der Waals surface area contributed by atoms with E-state index in [0.29, 0.717) is 30.4 Å². The van der Waals surface area contributed by atoms with Crippen LogP contribution in [0.4, 0.5) is 5.69 Å². The van der Waals surface area contributed by atoms with E-state index in [0.717, 1.165) is 38.2 Å². The van der Waals surface area contributed by atoms with Gasteiger partial charge in [0.2, 0.25) is 10.0 Å². The Balaban J connectivity index is 1.48. The van der Waals surface area contributed by atoms with Crippen LogP contribution >= 0.6 is 0 Å². The minimum absolute atomic E-state index is 0.245. The van der Waals surface area contributed by atoms with Gasteiger partial charge in [-0.25, -0.2) is 8.42 Å². The molecule has 4 rings (SSSR count). The van der Waals surface area contributed by atoms with Crippen LogP contribution in [-0.4, -0.2) is 66.0 Å². The second kappa shape index (κ2) is 8.61. The molecule has 0 spiro atoms. The number of amides is 1. The van der Waals surface area contributed by atoms with Crippen LogP contribution in [0.5, 0.6) is 0 Å². The van der Waals surface area contributed by atoms with E-state index in [1.165, 1.54) is 4.31 Å². The Labute approximate surface area is 190 Å². The third-order valence-electron chi connectivity index (χ3n) is 6.12. The number of nitrogens with one attached hydrogen (secondary N) is 1. The highest BCUT2D eigenvalue weighted by Gasteiger charge is 2.32. The molecule has 1 aliphatic heterocycles. The molecule has 1 aromatic carbocycles. The van der Waals surface area contributed by atoms with Gasteiger partial charge >= 0.3 is 0 Å². The van der Waals surface area contributed by atoms with Crippen LogP contribution in [0.25, 0.3) is 0 Å². The van der Waals surface area contributed by atoms with Crippen LogP contribution in [0.15, 0.2) is 35.2 Å². The Hall–Kier alpha value is -2.23. The van der Waals surface area contributed by atoms with Gasteiger partial charge in [0.05, 0.1) is 16.1 Å². The van der Waals surface area contributed by atoms with Crippen molar-refractivity contribution in [3.63, 3.8) is 0 Å². The van der Waals surface area contributed by atoms with Gasteiger partial charge in [0.1, 0.15) is 5.69 Å². The second-order valence-corrected chi connectivity index (χ2v) is 11.6. The second-order valence-electron chi connectivity index (χ2n) is 9.63. The lowest BCUT2D eigenvalue weighted by atomic mass is 10.1. The standard InChI is InChI=1S/C23H33N5O3S/c1-5-26-12-14-27(15-13-26)32(30,31)19-10-8-18(9-11-19)24-22(29)21-16-20(17-6-7-17)25-28(21)23(2,3)4/h8-11,16-17H,5-7,12-15H2,1-4H3,(H,24,29). The third kappa shape index (κ3) is 4.74. The number of carbonyl (C=O) groups excluding carboxylic acids is 1. The van der Waals surface area contributed by atoms with Crippen LogP contribution in [0.3, 0.4) is 0 Å². The number of anilines is 1. The van der Waals surface area contributed by atoms with Gasteiger partial charge in [0.15, 0.2) is 0 Å². The molecule has 2 aromatic rings. The lowest BCUT2D eigenvalue weighted by Crippen LogP contribution is -2.48. The van der Waals surface area contributed by atoms with Gasteiger partial charge in [-0.05, 0) is 70.5 Å². The average molecular weight is 460 g/mol. The molecule has 8 nitrogen and oxygen atoms in total. The van der Waals surface area contributed by atoms with Crippen molar-refractivity contribution in [3.8, 4) is 0 Å². The number of carbonyl (C=O) groups is 1. The van der Waals surface area contributed by atoms with E-state index in [9.17, 15) is 13.2 Å². The van der Waals surface area contributed by atoms with Gasteiger partial charge in [-0.2, -0.15) is 9.40 Å². The van der Waals surface area contributed by atoms with Crippen LogP contribution in [-0.2, 0) is 15.6 Å². The van der Waals surface area contributed by atoms with Crippen molar-refractivity contribution in [2.45, 2.75) is 56.9 Å². The molecular formula is C23H33N5O3S. The summed E-state index contributed by atoms with van der Waals surface area (Å²) in [7, 11) is -3.54. The Kier molecular flexibility index (Phi) is 6.17. The van der Waals surface area contributed by atoms with Crippen LogP contribution in [0.2, 0.25) is 0 Å². The number of likely N-dealkylation sites (N-methyl/N-ethyl adjacent to an activating group) is 1. The summed E-state index contributed by atoms with van der Waals surface area (Å²) in [6.45, 7) is 11.6. The summed E-state index contributed by atoms with van der Waals surface area (Å²) >= 11 is 0. The molecule has 2 aliphatic rings. The van der Waals surface area contributed by atoms with Crippen molar-refractivity contribution in [1.29, 1.82) is 0 Å². The van der Waals surface area contributed by atoms with Crippen LogP contribution in [0.1, 0.15) is 62.6 Å². The fourth-order valence-corrected chi connectivity index (χ4v) is 5.41. The fraction of sp³-hybridized carbons (Fsp3) is 0.565. The van der Waals surface area contributed by atoms with E-state index in [1.54, 1.807) is 28.9 Å². The Morgan fingerprint density at radius 2 is 1.72 bits per heavy atom. The number of hydrogen-bond donors (Lipinski definition) is 1. The Bertz CT molecular complexity index is 1070. The topological polar surface area (TPSA) is 87.5 Å². The summed E-state index contributed by atoms with van der Waals surface area (Å²) in [5, 5.41) is 7.58. The first-order valence-corrected chi connectivity index (χ1v) is 12.8. The minimum Gasteiger partial charge on any atom is -0.321 e. The monoisotopic (exact) mass is 459 g/mol. The zero-order valence-corrected chi connectivity index (χ0v) is 20.2. The van der Waals surface area contributed by atoms with Crippen molar-refractivity contribution in [3.05, 3.63) is 41.7 Å². The average Bonchev–Trinajstić information content (AvgIpc) is 3.50. The van der Waals surface area contributed by atoms with E-state index in [2.05, 4.69) is 22.2 Å².